The number of aliphatic hydroxyl groups is 1. The SMILES string of the molecule is Cc1cc(C)c(C(=C(O)CC(C)C)c2c(C)cc(C)cc2C)c(C)c1. The molecule has 0 unspecified atom stereocenters. The van der Waals surface area contributed by atoms with Gasteiger partial charge in [0.05, 0.1) is 0 Å². The molecule has 0 atom stereocenters. The first-order valence-electron chi connectivity index (χ1n) is 9.20. The molecule has 0 amide bonds. The summed E-state index contributed by atoms with van der Waals surface area (Å²) in [6.45, 7) is 17.2. The van der Waals surface area contributed by atoms with E-state index >= 15 is 0 Å². The van der Waals surface area contributed by atoms with E-state index in [1.54, 1.807) is 0 Å². The molecule has 2 aromatic rings. The highest BCUT2D eigenvalue weighted by Crippen LogP contribution is 2.37. The molecular weight excluding hydrogens is 304 g/mol. The Hall–Kier alpha value is -2.02. The van der Waals surface area contributed by atoms with Crippen LogP contribution in [0, 0.1) is 47.5 Å². The molecule has 0 aliphatic carbocycles. The van der Waals surface area contributed by atoms with E-state index in [4.69, 9.17) is 0 Å². The first kappa shape index (κ1) is 19.3. The smallest absolute Gasteiger partial charge is 0.101 e. The van der Waals surface area contributed by atoms with Crippen molar-refractivity contribution in [3.8, 4) is 0 Å². The lowest BCUT2D eigenvalue weighted by atomic mass is 9.83. The Morgan fingerprint density at radius 1 is 0.720 bits per heavy atom. The third kappa shape index (κ3) is 4.15. The molecule has 0 radical (unpaired) electrons. The molecule has 0 saturated carbocycles. The monoisotopic (exact) mass is 336 g/mol. The lowest BCUT2D eigenvalue weighted by Crippen LogP contribution is -2.05. The van der Waals surface area contributed by atoms with Crippen molar-refractivity contribution in [3.05, 3.63) is 74.5 Å². The van der Waals surface area contributed by atoms with Crippen LogP contribution in [0.4, 0.5) is 0 Å². The molecule has 0 bridgehead atoms. The molecule has 1 N–H and O–H groups in total. The number of aryl methyl sites for hydroxylation is 6. The molecule has 2 rings (SSSR count). The van der Waals surface area contributed by atoms with Gasteiger partial charge >= 0.3 is 0 Å². The number of allylic oxidation sites excluding steroid dienone is 1. The molecule has 1 heteroatoms. The minimum absolute atomic E-state index is 0.409. The van der Waals surface area contributed by atoms with Crippen molar-refractivity contribution in [2.75, 3.05) is 0 Å². The maximum Gasteiger partial charge on any atom is 0.101 e. The van der Waals surface area contributed by atoms with Crippen LogP contribution in [0.15, 0.2) is 30.0 Å². The van der Waals surface area contributed by atoms with Crippen LogP contribution in [0.3, 0.4) is 0 Å². The number of benzene rings is 2. The minimum atomic E-state index is 0.409. The van der Waals surface area contributed by atoms with E-state index in [2.05, 4.69) is 79.7 Å². The summed E-state index contributed by atoms with van der Waals surface area (Å²) in [4.78, 5) is 0. The van der Waals surface area contributed by atoms with E-state index in [1.807, 2.05) is 0 Å². The Bertz CT molecular complexity index is 716. The first-order valence-corrected chi connectivity index (χ1v) is 9.20. The van der Waals surface area contributed by atoms with Crippen molar-refractivity contribution in [2.45, 2.75) is 61.8 Å². The average molecular weight is 337 g/mol. The van der Waals surface area contributed by atoms with E-state index in [9.17, 15) is 5.11 Å². The van der Waals surface area contributed by atoms with Crippen LogP contribution in [0.1, 0.15) is 64.8 Å². The van der Waals surface area contributed by atoms with Crippen LogP contribution in [0.5, 0.6) is 0 Å². The fourth-order valence-corrected chi connectivity index (χ4v) is 4.05. The zero-order valence-electron chi connectivity index (χ0n) is 17.0. The molecule has 0 aliphatic rings. The average Bonchev–Trinajstić information content (AvgIpc) is 2.42. The van der Waals surface area contributed by atoms with Gasteiger partial charge in [-0.05, 0) is 80.8 Å². The van der Waals surface area contributed by atoms with Gasteiger partial charge in [-0.15, -0.1) is 0 Å². The molecular formula is C24H32O. The summed E-state index contributed by atoms with van der Waals surface area (Å²) >= 11 is 0. The molecule has 25 heavy (non-hydrogen) atoms. The van der Waals surface area contributed by atoms with E-state index in [0.717, 1.165) is 5.57 Å². The predicted molar refractivity (Wildman–Crippen MR) is 109 cm³/mol. The molecule has 134 valence electrons. The quantitative estimate of drug-likeness (QED) is 0.602. The van der Waals surface area contributed by atoms with Gasteiger partial charge in [-0.25, -0.2) is 0 Å². The fraction of sp³-hybridized carbons (Fsp3) is 0.417. The highest BCUT2D eigenvalue weighted by molar-refractivity contribution is 5.87. The Labute approximate surface area is 153 Å². The summed E-state index contributed by atoms with van der Waals surface area (Å²) in [7, 11) is 0. The summed E-state index contributed by atoms with van der Waals surface area (Å²) in [6, 6.07) is 8.85. The molecule has 0 spiro atoms. The predicted octanol–water partition coefficient (Wildman–Crippen LogP) is 6.90. The molecule has 0 aliphatic heterocycles. The highest BCUT2D eigenvalue weighted by atomic mass is 16.3. The summed E-state index contributed by atoms with van der Waals surface area (Å²) < 4.78 is 0. The van der Waals surface area contributed by atoms with Crippen LogP contribution in [0.2, 0.25) is 0 Å². The molecule has 0 aromatic heterocycles. The second-order valence-corrected chi connectivity index (χ2v) is 7.97. The molecule has 0 fully saturated rings. The van der Waals surface area contributed by atoms with Gasteiger partial charge in [0, 0.05) is 12.0 Å². The largest absolute Gasteiger partial charge is 0.512 e. The summed E-state index contributed by atoms with van der Waals surface area (Å²) in [5, 5.41) is 11.1. The van der Waals surface area contributed by atoms with Crippen molar-refractivity contribution in [3.63, 3.8) is 0 Å². The molecule has 0 heterocycles. The second-order valence-electron chi connectivity index (χ2n) is 7.97. The van der Waals surface area contributed by atoms with Crippen molar-refractivity contribution in [1.82, 2.24) is 0 Å². The van der Waals surface area contributed by atoms with Crippen LogP contribution in [0.25, 0.3) is 5.57 Å². The number of aliphatic hydroxyl groups excluding tert-OH is 1. The normalized spacial score (nSPS) is 11.1. The maximum atomic E-state index is 11.1. The topological polar surface area (TPSA) is 20.2 Å². The standard InChI is InChI=1S/C24H32O/c1-14(2)9-21(25)24(22-17(5)10-15(3)11-18(22)6)23-19(7)12-16(4)13-20(23)8/h10-14,25H,9H2,1-8H3. The van der Waals surface area contributed by atoms with E-state index in [-0.39, 0.29) is 0 Å². The molecule has 2 aromatic carbocycles. The lowest BCUT2D eigenvalue weighted by Gasteiger charge is -2.22. The minimum Gasteiger partial charge on any atom is -0.512 e. The lowest BCUT2D eigenvalue weighted by molar-refractivity contribution is 0.368. The highest BCUT2D eigenvalue weighted by Gasteiger charge is 2.20. The van der Waals surface area contributed by atoms with Crippen molar-refractivity contribution in [2.24, 2.45) is 5.92 Å². The first-order chi connectivity index (χ1) is 11.6. The van der Waals surface area contributed by atoms with Gasteiger partial charge in [-0.2, -0.15) is 0 Å². The number of hydrogen-bond donors (Lipinski definition) is 1. The molecule has 1 nitrogen and oxygen atoms in total. The summed E-state index contributed by atoms with van der Waals surface area (Å²) in [5.74, 6) is 0.909. The van der Waals surface area contributed by atoms with Crippen molar-refractivity contribution < 1.29 is 5.11 Å². The number of hydrogen-bond acceptors (Lipinski definition) is 1. The second kappa shape index (κ2) is 7.47. The van der Waals surface area contributed by atoms with Gasteiger partial charge in [0.1, 0.15) is 5.76 Å². The van der Waals surface area contributed by atoms with Gasteiger partial charge in [0.25, 0.3) is 0 Å². The zero-order valence-corrected chi connectivity index (χ0v) is 17.0. The van der Waals surface area contributed by atoms with Crippen molar-refractivity contribution >= 4 is 5.57 Å². The van der Waals surface area contributed by atoms with Crippen LogP contribution in [-0.2, 0) is 0 Å². The van der Waals surface area contributed by atoms with E-state index in [1.165, 1.54) is 44.5 Å². The number of rotatable bonds is 4. The Morgan fingerprint density at radius 3 is 1.32 bits per heavy atom. The third-order valence-corrected chi connectivity index (χ3v) is 4.74. The van der Waals surface area contributed by atoms with Gasteiger partial charge in [-0.1, -0.05) is 49.2 Å². The van der Waals surface area contributed by atoms with Crippen molar-refractivity contribution in [1.29, 1.82) is 0 Å². The Balaban J connectivity index is 2.87. The fourth-order valence-electron chi connectivity index (χ4n) is 4.05. The van der Waals surface area contributed by atoms with Gasteiger partial charge in [0.15, 0.2) is 0 Å². The van der Waals surface area contributed by atoms with Crippen LogP contribution >= 0.6 is 0 Å². The van der Waals surface area contributed by atoms with E-state index in [0.29, 0.717) is 18.1 Å². The van der Waals surface area contributed by atoms with Gasteiger partial charge in [0.2, 0.25) is 0 Å². The zero-order chi connectivity index (χ0) is 18.9. The Morgan fingerprint density at radius 2 is 1.04 bits per heavy atom. The van der Waals surface area contributed by atoms with Crippen LogP contribution in [-0.4, -0.2) is 5.11 Å². The van der Waals surface area contributed by atoms with Crippen LogP contribution < -0.4 is 0 Å². The maximum absolute atomic E-state index is 11.1. The summed E-state index contributed by atoms with van der Waals surface area (Å²) in [5.41, 5.74) is 10.8. The van der Waals surface area contributed by atoms with E-state index < -0.39 is 0 Å². The van der Waals surface area contributed by atoms with Gasteiger partial charge < -0.3 is 5.11 Å². The van der Waals surface area contributed by atoms with Gasteiger partial charge in [-0.3, -0.25) is 0 Å². The Kier molecular flexibility index (Phi) is 5.77. The summed E-state index contributed by atoms with van der Waals surface area (Å²) in [6.07, 6.45) is 0.689. The molecule has 0 saturated heterocycles. The third-order valence-electron chi connectivity index (χ3n) is 4.74.